The summed E-state index contributed by atoms with van der Waals surface area (Å²) in [5, 5.41) is 6.53. The molecule has 0 saturated heterocycles. The van der Waals surface area contributed by atoms with Gasteiger partial charge in [0.1, 0.15) is 0 Å². The van der Waals surface area contributed by atoms with Crippen molar-refractivity contribution in [1.29, 1.82) is 0 Å². The van der Waals surface area contributed by atoms with Gasteiger partial charge in [-0.1, -0.05) is 0 Å². The van der Waals surface area contributed by atoms with Gasteiger partial charge < -0.3 is 5.73 Å². The van der Waals surface area contributed by atoms with E-state index in [9.17, 15) is 9.59 Å². The maximum Gasteiger partial charge on any atom is 0.333 e. The quantitative estimate of drug-likeness (QED) is 0.355. The lowest BCUT2D eigenvalue weighted by Crippen LogP contribution is -2.40. The van der Waals surface area contributed by atoms with Gasteiger partial charge in [0, 0.05) is 12.1 Å². The molecule has 0 aromatic carbocycles. The zero-order chi connectivity index (χ0) is 7.28. The van der Waals surface area contributed by atoms with E-state index in [1.165, 1.54) is 0 Å². The minimum Gasteiger partial charge on any atom is -0.351 e. The van der Waals surface area contributed by atoms with E-state index in [0.29, 0.717) is 12.1 Å². The fourth-order valence-electron chi connectivity index (χ4n) is 0.191. The maximum absolute atomic E-state index is 10.2. The monoisotopic (exact) mass is 150 g/mol. The molecule has 0 spiro atoms. The Morgan fingerprint density at radius 2 is 2.00 bits per heavy atom. The Morgan fingerprint density at radius 3 is 2.33 bits per heavy atom. The third kappa shape index (κ3) is 4.91. The molecule has 0 bridgehead atoms. The van der Waals surface area contributed by atoms with Gasteiger partial charge in [0.15, 0.2) is 0 Å². The molecule has 0 radical (unpaired) electrons. The van der Waals surface area contributed by atoms with Crippen LogP contribution in [0.2, 0.25) is 0 Å². The van der Waals surface area contributed by atoms with Gasteiger partial charge >= 0.3 is 12.1 Å². The van der Waals surface area contributed by atoms with Crippen LogP contribution in [0, 0.1) is 0 Å². The average Bonchev–Trinajstić information content (AvgIpc) is 1.63. The lowest BCUT2D eigenvalue weighted by Gasteiger charge is -1.97. The van der Waals surface area contributed by atoms with E-state index in [0.717, 1.165) is 0 Å². The highest BCUT2D eigenvalue weighted by molar-refractivity contribution is 7.95. The summed E-state index contributed by atoms with van der Waals surface area (Å²) in [7, 11) is 0. The van der Waals surface area contributed by atoms with Crippen molar-refractivity contribution in [3.05, 3.63) is 0 Å². The molecule has 0 aliphatic carbocycles. The molecule has 0 saturated carbocycles. The number of urea groups is 2. The summed E-state index contributed by atoms with van der Waals surface area (Å²) in [5.74, 6) is 0. The van der Waals surface area contributed by atoms with Crippen molar-refractivity contribution < 1.29 is 9.59 Å². The van der Waals surface area contributed by atoms with Crippen molar-refractivity contribution >= 4 is 24.2 Å². The Bertz CT molecular complexity index is 126. The van der Waals surface area contributed by atoms with Gasteiger partial charge in [-0.3, -0.25) is 15.2 Å². The first-order chi connectivity index (χ1) is 4.16. The molecule has 0 aromatic heterocycles. The molecule has 6 N–H and O–H groups in total. The van der Waals surface area contributed by atoms with Crippen LogP contribution in [0.25, 0.3) is 0 Å². The van der Waals surface area contributed by atoms with E-state index >= 15 is 0 Å². The molecular weight excluding hydrogens is 144 g/mol. The van der Waals surface area contributed by atoms with Crippen molar-refractivity contribution in [2.75, 3.05) is 0 Å². The van der Waals surface area contributed by atoms with Crippen LogP contribution in [0.15, 0.2) is 0 Å². The summed E-state index contributed by atoms with van der Waals surface area (Å²) in [6, 6.07) is -1.64. The van der Waals surface area contributed by atoms with Crippen molar-refractivity contribution in [2.24, 2.45) is 10.9 Å². The molecule has 9 heavy (non-hydrogen) atoms. The molecule has 0 fully saturated rings. The van der Waals surface area contributed by atoms with Crippen LogP contribution < -0.4 is 20.9 Å². The Labute approximate surface area is 55.6 Å². The number of carbonyl (C=O) groups excluding carboxylic acids is 2. The SMILES string of the molecule is NSNC(=O)NC(N)=O. The normalized spacial score (nSPS) is 8.11. The number of rotatable bonds is 1. The number of nitrogens with two attached hydrogens (primary N) is 2. The highest BCUT2D eigenvalue weighted by atomic mass is 32.2. The van der Waals surface area contributed by atoms with Gasteiger partial charge in [-0.15, -0.1) is 0 Å². The predicted octanol–water partition coefficient (Wildman–Crippen LogP) is -1.11. The van der Waals surface area contributed by atoms with E-state index in [-0.39, 0.29) is 0 Å². The Balaban J connectivity index is 3.39. The molecule has 0 aliphatic rings. The number of nitrogens with one attached hydrogen (secondary N) is 2. The molecule has 7 heteroatoms. The summed E-state index contributed by atoms with van der Waals surface area (Å²) in [4.78, 5) is 20.1. The molecule has 0 aliphatic heterocycles. The molecular formula is C2H6N4O2S. The standard InChI is InChI=1S/C2H6N4O2S/c3-1(7)5-2(8)6-9-4/h4H2,(H4,3,5,6,7,8). The van der Waals surface area contributed by atoms with E-state index in [1.807, 2.05) is 4.72 Å². The minimum atomic E-state index is -0.915. The molecule has 0 aromatic rings. The molecule has 52 valence electrons. The molecule has 4 amide bonds. The summed E-state index contributed by atoms with van der Waals surface area (Å²) >= 11 is 0.582. The summed E-state index contributed by atoms with van der Waals surface area (Å²) in [5.41, 5.74) is 4.56. The number of hydrogen-bond acceptors (Lipinski definition) is 4. The zero-order valence-electron chi connectivity index (χ0n) is 4.38. The second kappa shape index (κ2) is 3.98. The van der Waals surface area contributed by atoms with Gasteiger partial charge in [-0.05, 0) is 0 Å². The van der Waals surface area contributed by atoms with Crippen molar-refractivity contribution in [2.45, 2.75) is 0 Å². The van der Waals surface area contributed by atoms with E-state index in [4.69, 9.17) is 5.14 Å². The molecule has 0 unspecified atom stereocenters. The van der Waals surface area contributed by atoms with Gasteiger partial charge in [-0.2, -0.15) is 0 Å². The summed E-state index contributed by atoms with van der Waals surface area (Å²) < 4.78 is 2.02. The summed E-state index contributed by atoms with van der Waals surface area (Å²) in [6.07, 6.45) is 0. The van der Waals surface area contributed by atoms with Crippen LogP contribution in [0.3, 0.4) is 0 Å². The van der Waals surface area contributed by atoms with Gasteiger partial charge in [0.2, 0.25) is 0 Å². The van der Waals surface area contributed by atoms with Gasteiger partial charge in [0.05, 0.1) is 0 Å². The third-order valence-corrected chi connectivity index (χ3v) is 0.692. The fourth-order valence-corrected chi connectivity index (χ4v) is 0.349. The van der Waals surface area contributed by atoms with E-state index in [1.54, 1.807) is 5.32 Å². The Hall–Kier alpha value is -0.950. The second-order valence-electron chi connectivity index (χ2n) is 1.04. The topological polar surface area (TPSA) is 110 Å². The lowest BCUT2D eigenvalue weighted by atomic mass is 10.9. The third-order valence-electron chi connectivity index (χ3n) is 0.388. The number of hydrogen-bond donors (Lipinski definition) is 4. The van der Waals surface area contributed by atoms with Crippen LogP contribution in [0.4, 0.5) is 9.59 Å². The van der Waals surface area contributed by atoms with Crippen LogP contribution >= 0.6 is 12.1 Å². The minimum absolute atomic E-state index is 0.582. The number of carbonyl (C=O) groups is 2. The molecule has 0 rings (SSSR count). The molecule has 0 atom stereocenters. The van der Waals surface area contributed by atoms with Crippen LogP contribution in [-0.2, 0) is 0 Å². The number of imide groups is 1. The maximum atomic E-state index is 10.2. The van der Waals surface area contributed by atoms with Crippen molar-refractivity contribution in [3.63, 3.8) is 0 Å². The highest BCUT2D eigenvalue weighted by Gasteiger charge is 1.99. The smallest absolute Gasteiger partial charge is 0.333 e. The first-order valence-electron chi connectivity index (χ1n) is 1.89. The zero-order valence-corrected chi connectivity index (χ0v) is 5.20. The average molecular weight is 150 g/mol. The van der Waals surface area contributed by atoms with Gasteiger partial charge in [-0.25, -0.2) is 9.59 Å². The first-order valence-corrected chi connectivity index (χ1v) is 2.77. The van der Waals surface area contributed by atoms with E-state index in [2.05, 4.69) is 5.73 Å². The Kier molecular flexibility index (Phi) is 3.56. The number of primary amides is 1. The van der Waals surface area contributed by atoms with Crippen LogP contribution in [0.1, 0.15) is 0 Å². The van der Waals surface area contributed by atoms with Crippen molar-refractivity contribution in [3.8, 4) is 0 Å². The van der Waals surface area contributed by atoms with Crippen molar-refractivity contribution in [1.82, 2.24) is 10.0 Å². The second-order valence-corrected chi connectivity index (χ2v) is 1.48. The highest BCUT2D eigenvalue weighted by Crippen LogP contribution is 1.73. The fraction of sp³-hybridized carbons (Fsp3) is 0. The van der Waals surface area contributed by atoms with Gasteiger partial charge in [0.25, 0.3) is 0 Å². The lowest BCUT2D eigenvalue weighted by molar-refractivity contribution is 0.235. The van der Waals surface area contributed by atoms with Crippen LogP contribution in [0.5, 0.6) is 0 Å². The molecule has 6 nitrogen and oxygen atoms in total. The van der Waals surface area contributed by atoms with Crippen LogP contribution in [-0.4, -0.2) is 12.1 Å². The number of amides is 4. The largest absolute Gasteiger partial charge is 0.351 e. The molecule has 0 heterocycles. The Morgan fingerprint density at radius 1 is 1.44 bits per heavy atom. The predicted molar refractivity (Wildman–Crippen MR) is 33.0 cm³/mol. The summed E-state index contributed by atoms with van der Waals surface area (Å²) in [6.45, 7) is 0. The first kappa shape index (κ1) is 8.05. The van der Waals surface area contributed by atoms with E-state index < -0.39 is 12.1 Å².